The van der Waals surface area contributed by atoms with Crippen LogP contribution in [-0.4, -0.2) is 10.8 Å². The summed E-state index contributed by atoms with van der Waals surface area (Å²) in [7, 11) is 0. The first-order valence-corrected chi connectivity index (χ1v) is 2.66. The molecule has 0 aromatic carbocycles. The van der Waals surface area contributed by atoms with Crippen molar-refractivity contribution >= 4 is 18.2 Å². The van der Waals surface area contributed by atoms with Gasteiger partial charge in [0.25, 0.3) is 0 Å². The van der Waals surface area contributed by atoms with E-state index < -0.39 is 5.82 Å². The van der Waals surface area contributed by atoms with Crippen LogP contribution in [0.5, 0.6) is 0 Å². The number of halogens is 2. The zero-order valence-corrected chi connectivity index (χ0v) is 6.36. The number of amidine groups is 1. The Morgan fingerprint density at radius 1 is 1.55 bits per heavy atom. The largest absolute Gasteiger partial charge is 0.382 e. The van der Waals surface area contributed by atoms with Crippen molar-refractivity contribution in [3.63, 3.8) is 0 Å². The maximum atomic E-state index is 12.2. The monoisotopic (exact) mass is 175 g/mol. The molecule has 5 heteroatoms. The number of hydrogen-bond donors (Lipinski definition) is 2. The molecule has 0 aliphatic carbocycles. The Morgan fingerprint density at radius 2 is 2.18 bits per heavy atom. The van der Waals surface area contributed by atoms with Gasteiger partial charge in [0.1, 0.15) is 17.3 Å². The third-order valence-electron chi connectivity index (χ3n) is 1.00. The molecule has 0 spiro atoms. The Bertz CT molecular complexity index is 247. The molecular formula is C6H7ClFN3. The minimum atomic E-state index is -0.426. The second kappa shape index (κ2) is 3.88. The highest BCUT2D eigenvalue weighted by atomic mass is 35.5. The SMILES string of the molecule is Cl.N=C(N)c1ccc(F)cn1. The van der Waals surface area contributed by atoms with Gasteiger partial charge in [0.15, 0.2) is 0 Å². The molecule has 0 bridgehead atoms. The number of hydrogen-bond acceptors (Lipinski definition) is 2. The van der Waals surface area contributed by atoms with Gasteiger partial charge in [0.05, 0.1) is 6.20 Å². The molecule has 0 unspecified atom stereocenters. The van der Waals surface area contributed by atoms with E-state index >= 15 is 0 Å². The lowest BCUT2D eigenvalue weighted by atomic mass is 10.3. The molecule has 1 aromatic heterocycles. The number of nitrogen functional groups attached to an aromatic ring is 1. The summed E-state index contributed by atoms with van der Waals surface area (Å²) in [5.41, 5.74) is 5.36. The van der Waals surface area contributed by atoms with E-state index in [1.807, 2.05) is 0 Å². The first-order chi connectivity index (χ1) is 4.70. The minimum Gasteiger partial charge on any atom is -0.382 e. The molecule has 60 valence electrons. The Kier molecular flexibility index (Phi) is 3.47. The van der Waals surface area contributed by atoms with Gasteiger partial charge in [-0.15, -0.1) is 12.4 Å². The molecule has 11 heavy (non-hydrogen) atoms. The molecule has 0 aliphatic rings. The summed E-state index contributed by atoms with van der Waals surface area (Å²) in [6, 6.07) is 2.57. The molecule has 1 aromatic rings. The summed E-state index contributed by atoms with van der Waals surface area (Å²) in [4.78, 5) is 3.55. The first-order valence-electron chi connectivity index (χ1n) is 2.66. The van der Waals surface area contributed by atoms with E-state index in [1.165, 1.54) is 12.1 Å². The van der Waals surface area contributed by atoms with Crippen LogP contribution < -0.4 is 5.73 Å². The van der Waals surface area contributed by atoms with Crippen LogP contribution in [0.4, 0.5) is 4.39 Å². The van der Waals surface area contributed by atoms with Crippen LogP contribution in [0, 0.1) is 11.2 Å². The van der Waals surface area contributed by atoms with E-state index in [0.29, 0.717) is 5.69 Å². The summed E-state index contributed by atoms with van der Waals surface area (Å²) >= 11 is 0. The Morgan fingerprint density at radius 3 is 2.55 bits per heavy atom. The van der Waals surface area contributed by atoms with Crippen molar-refractivity contribution in [2.45, 2.75) is 0 Å². The molecule has 0 radical (unpaired) electrons. The average Bonchev–Trinajstić information content (AvgIpc) is 1.88. The maximum Gasteiger partial charge on any atom is 0.141 e. The van der Waals surface area contributed by atoms with Gasteiger partial charge in [0, 0.05) is 0 Å². The van der Waals surface area contributed by atoms with E-state index in [1.54, 1.807) is 0 Å². The second-order valence-electron chi connectivity index (χ2n) is 1.78. The van der Waals surface area contributed by atoms with Crippen molar-refractivity contribution in [3.8, 4) is 0 Å². The topological polar surface area (TPSA) is 62.8 Å². The molecule has 3 N–H and O–H groups in total. The summed E-state index contributed by atoms with van der Waals surface area (Å²) in [5.74, 6) is -0.579. The molecule has 1 heterocycles. The van der Waals surface area contributed by atoms with Gasteiger partial charge in [-0.2, -0.15) is 0 Å². The average molecular weight is 176 g/mol. The van der Waals surface area contributed by atoms with Crippen molar-refractivity contribution in [2.75, 3.05) is 0 Å². The smallest absolute Gasteiger partial charge is 0.141 e. The van der Waals surface area contributed by atoms with Crippen LogP contribution in [0.1, 0.15) is 5.69 Å². The molecule has 0 saturated heterocycles. The predicted octanol–water partition coefficient (Wildman–Crippen LogP) is 0.927. The fraction of sp³-hybridized carbons (Fsp3) is 0. The van der Waals surface area contributed by atoms with Gasteiger partial charge >= 0.3 is 0 Å². The Balaban J connectivity index is 0.000001000. The van der Waals surface area contributed by atoms with E-state index in [-0.39, 0.29) is 18.2 Å². The molecule has 3 nitrogen and oxygen atoms in total. The Labute approximate surface area is 69.4 Å². The van der Waals surface area contributed by atoms with Crippen LogP contribution in [0.15, 0.2) is 18.3 Å². The van der Waals surface area contributed by atoms with Crippen molar-refractivity contribution in [1.29, 1.82) is 5.41 Å². The van der Waals surface area contributed by atoms with Gasteiger partial charge in [-0.1, -0.05) is 0 Å². The van der Waals surface area contributed by atoms with Crippen LogP contribution in [0.2, 0.25) is 0 Å². The number of nitrogens with one attached hydrogen (secondary N) is 1. The lowest BCUT2D eigenvalue weighted by Gasteiger charge is -1.93. The van der Waals surface area contributed by atoms with Crippen LogP contribution >= 0.6 is 12.4 Å². The molecule has 0 atom stereocenters. The highest BCUT2D eigenvalue weighted by Gasteiger charge is 1.95. The van der Waals surface area contributed by atoms with Gasteiger partial charge in [-0.05, 0) is 12.1 Å². The van der Waals surface area contributed by atoms with Crippen LogP contribution in [-0.2, 0) is 0 Å². The highest BCUT2D eigenvalue weighted by Crippen LogP contribution is 1.95. The molecule has 0 saturated carbocycles. The summed E-state index contributed by atoms with van der Waals surface area (Å²) < 4.78 is 12.2. The van der Waals surface area contributed by atoms with Crippen molar-refractivity contribution in [2.24, 2.45) is 5.73 Å². The standard InChI is InChI=1S/C6H6FN3.ClH/c7-4-1-2-5(6(8)9)10-3-4;/h1-3H,(H3,8,9);1H. The van der Waals surface area contributed by atoms with Gasteiger partial charge in [-0.25, -0.2) is 9.37 Å². The zero-order chi connectivity index (χ0) is 7.56. The van der Waals surface area contributed by atoms with E-state index in [4.69, 9.17) is 11.1 Å². The lowest BCUT2D eigenvalue weighted by molar-refractivity contribution is 0.621. The van der Waals surface area contributed by atoms with E-state index in [0.717, 1.165) is 6.20 Å². The molecule has 0 aliphatic heterocycles. The minimum absolute atomic E-state index is 0. The number of aromatic nitrogens is 1. The third-order valence-corrected chi connectivity index (χ3v) is 1.00. The van der Waals surface area contributed by atoms with Crippen molar-refractivity contribution in [1.82, 2.24) is 4.98 Å². The molecule has 1 rings (SSSR count). The third kappa shape index (κ3) is 2.51. The van der Waals surface area contributed by atoms with Crippen molar-refractivity contribution < 1.29 is 4.39 Å². The number of nitrogens with two attached hydrogens (primary N) is 1. The van der Waals surface area contributed by atoms with E-state index in [2.05, 4.69) is 4.98 Å². The highest BCUT2D eigenvalue weighted by molar-refractivity contribution is 5.92. The quantitative estimate of drug-likeness (QED) is 0.493. The summed E-state index contributed by atoms with van der Waals surface area (Å²) in [5, 5.41) is 6.90. The second-order valence-corrected chi connectivity index (χ2v) is 1.78. The lowest BCUT2D eigenvalue weighted by Crippen LogP contribution is -2.12. The molecule has 0 amide bonds. The maximum absolute atomic E-state index is 12.2. The number of nitrogens with zero attached hydrogens (tertiary/aromatic N) is 1. The zero-order valence-electron chi connectivity index (χ0n) is 5.54. The van der Waals surface area contributed by atoms with Crippen molar-refractivity contribution in [3.05, 3.63) is 29.8 Å². The van der Waals surface area contributed by atoms with E-state index in [9.17, 15) is 4.39 Å². The van der Waals surface area contributed by atoms with Gasteiger partial charge < -0.3 is 5.73 Å². The first kappa shape index (κ1) is 9.84. The number of pyridine rings is 1. The fourth-order valence-corrected chi connectivity index (χ4v) is 0.535. The predicted molar refractivity (Wildman–Crippen MR) is 42.5 cm³/mol. The van der Waals surface area contributed by atoms with Gasteiger partial charge in [-0.3, -0.25) is 5.41 Å². The fourth-order valence-electron chi connectivity index (χ4n) is 0.535. The Hall–Kier alpha value is -1.16. The van der Waals surface area contributed by atoms with Crippen LogP contribution in [0.3, 0.4) is 0 Å². The number of rotatable bonds is 1. The summed E-state index contributed by atoms with van der Waals surface area (Å²) in [6.45, 7) is 0. The normalized spacial score (nSPS) is 8.45. The molecular weight excluding hydrogens is 169 g/mol. The van der Waals surface area contributed by atoms with Crippen LogP contribution in [0.25, 0.3) is 0 Å². The molecule has 0 fully saturated rings. The summed E-state index contributed by atoms with van der Waals surface area (Å²) in [6.07, 6.45) is 1.02. The van der Waals surface area contributed by atoms with Gasteiger partial charge in [0.2, 0.25) is 0 Å².